The third kappa shape index (κ3) is 3.96. The third-order valence-corrected chi connectivity index (χ3v) is 3.57. The Labute approximate surface area is 113 Å². The van der Waals surface area contributed by atoms with E-state index in [1.165, 1.54) is 23.8 Å². The molecular weight excluding hydrogens is 246 g/mol. The van der Waals surface area contributed by atoms with E-state index in [1.807, 2.05) is 0 Å². The zero-order valence-electron chi connectivity index (χ0n) is 11.0. The van der Waals surface area contributed by atoms with Gasteiger partial charge in [0.1, 0.15) is 6.54 Å². The molecule has 2 aliphatic rings. The summed E-state index contributed by atoms with van der Waals surface area (Å²) in [6.07, 6.45) is 5.01. The van der Waals surface area contributed by atoms with E-state index < -0.39 is 5.97 Å². The number of hydrogen-bond acceptors (Lipinski definition) is 3. The fourth-order valence-corrected chi connectivity index (χ4v) is 2.48. The van der Waals surface area contributed by atoms with Gasteiger partial charge in [-0.15, -0.1) is 6.58 Å². The second kappa shape index (κ2) is 6.06. The van der Waals surface area contributed by atoms with Crippen molar-refractivity contribution in [3.63, 3.8) is 0 Å². The first-order chi connectivity index (χ1) is 9.10. The van der Waals surface area contributed by atoms with Crippen LogP contribution in [0.4, 0.5) is 4.79 Å². The highest BCUT2D eigenvalue weighted by Gasteiger charge is 2.35. The van der Waals surface area contributed by atoms with Crippen molar-refractivity contribution in [2.45, 2.75) is 31.3 Å². The molecule has 0 bridgehead atoms. The zero-order valence-corrected chi connectivity index (χ0v) is 11.0. The normalized spacial score (nSPS) is 23.1. The first-order valence-corrected chi connectivity index (χ1v) is 6.72. The van der Waals surface area contributed by atoms with Gasteiger partial charge in [0.2, 0.25) is 0 Å². The van der Waals surface area contributed by atoms with Gasteiger partial charge < -0.3 is 15.3 Å². The minimum Gasteiger partial charge on any atom is -0.480 e. The second-order valence-corrected chi connectivity index (χ2v) is 5.22. The molecule has 19 heavy (non-hydrogen) atoms. The molecule has 2 rings (SSSR count). The predicted octanol–water partition coefficient (Wildman–Crippen LogP) is 0.505. The number of carbonyl (C=O) groups excluding carboxylic acids is 1. The number of hydrogen-bond donors (Lipinski definition) is 2. The fourth-order valence-electron chi connectivity index (χ4n) is 2.48. The number of aliphatic carboxylic acids is 1. The minimum absolute atomic E-state index is 0.134. The van der Waals surface area contributed by atoms with Crippen molar-refractivity contribution < 1.29 is 14.7 Å². The van der Waals surface area contributed by atoms with Gasteiger partial charge in [-0.3, -0.25) is 9.69 Å². The molecular formula is C13H21N3O3. The largest absolute Gasteiger partial charge is 0.480 e. The molecule has 1 aliphatic carbocycles. The first kappa shape index (κ1) is 13.9. The van der Waals surface area contributed by atoms with E-state index in [2.05, 4.69) is 16.8 Å². The van der Waals surface area contributed by atoms with Gasteiger partial charge in [0.05, 0.1) is 0 Å². The Morgan fingerprint density at radius 2 is 2.16 bits per heavy atom. The number of rotatable bonds is 6. The molecule has 1 unspecified atom stereocenters. The number of likely N-dealkylation sites (tertiary alicyclic amines) is 1. The Kier molecular flexibility index (Phi) is 4.42. The van der Waals surface area contributed by atoms with Gasteiger partial charge in [-0.2, -0.15) is 0 Å². The molecule has 6 heteroatoms. The van der Waals surface area contributed by atoms with Crippen LogP contribution in [0.2, 0.25) is 0 Å². The number of carboxylic acids is 1. The molecule has 1 aliphatic heterocycles. The van der Waals surface area contributed by atoms with Crippen LogP contribution in [0.1, 0.15) is 19.3 Å². The molecule has 1 saturated heterocycles. The lowest BCUT2D eigenvalue weighted by Gasteiger charge is -2.22. The smallest absolute Gasteiger partial charge is 0.323 e. The quantitative estimate of drug-likeness (QED) is 0.688. The van der Waals surface area contributed by atoms with Crippen molar-refractivity contribution >= 4 is 12.0 Å². The van der Waals surface area contributed by atoms with Crippen molar-refractivity contribution in [2.24, 2.45) is 0 Å². The van der Waals surface area contributed by atoms with Crippen LogP contribution >= 0.6 is 0 Å². The summed E-state index contributed by atoms with van der Waals surface area (Å²) in [7, 11) is 0. The summed E-state index contributed by atoms with van der Waals surface area (Å²) in [6, 6.07) is 0.532. The minimum atomic E-state index is -1.01. The zero-order chi connectivity index (χ0) is 13.8. The van der Waals surface area contributed by atoms with Crippen LogP contribution in [-0.4, -0.2) is 65.2 Å². The Bertz CT molecular complexity index is 368. The molecule has 106 valence electrons. The SMILES string of the molecule is C=CCN(CC(=O)O)C(=O)NC1CCN(C2CC2)C1. The highest BCUT2D eigenvalue weighted by atomic mass is 16.4. The van der Waals surface area contributed by atoms with Crippen LogP contribution in [0.25, 0.3) is 0 Å². The van der Waals surface area contributed by atoms with Crippen molar-refractivity contribution in [1.82, 2.24) is 15.1 Å². The average Bonchev–Trinajstić information content (AvgIpc) is 3.09. The van der Waals surface area contributed by atoms with Crippen LogP contribution in [-0.2, 0) is 4.79 Å². The Hall–Kier alpha value is -1.56. The van der Waals surface area contributed by atoms with Crippen molar-refractivity contribution in [3.8, 4) is 0 Å². The standard InChI is InChI=1S/C13H21N3O3/c1-2-6-16(9-12(17)18)13(19)14-10-5-7-15(8-10)11-3-4-11/h2,10-11H,1,3-9H2,(H,14,19)(H,17,18). The summed E-state index contributed by atoms with van der Waals surface area (Å²) in [5.41, 5.74) is 0. The number of carbonyl (C=O) groups is 2. The van der Waals surface area contributed by atoms with Gasteiger partial charge in [0, 0.05) is 31.7 Å². The highest BCUT2D eigenvalue weighted by molar-refractivity contribution is 5.80. The van der Waals surface area contributed by atoms with E-state index >= 15 is 0 Å². The Morgan fingerprint density at radius 1 is 1.42 bits per heavy atom. The monoisotopic (exact) mass is 267 g/mol. The summed E-state index contributed by atoms with van der Waals surface area (Å²) in [5.74, 6) is -1.01. The van der Waals surface area contributed by atoms with E-state index in [0.717, 1.165) is 19.5 Å². The van der Waals surface area contributed by atoms with Crippen LogP contribution in [0.5, 0.6) is 0 Å². The maximum absolute atomic E-state index is 12.0. The number of nitrogens with one attached hydrogen (secondary N) is 1. The Morgan fingerprint density at radius 3 is 2.74 bits per heavy atom. The highest BCUT2D eigenvalue weighted by Crippen LogP contribution is 2.29. The van der Waals surface area contributed by atoms with Crippen molar-refractivity contribution in [1.29, 1.82) is 0 Å². The molecule has 2 amide bonds. The molecule has 2 N–H and O–H groups in total. The first-order valence-electron chi connectivity index (χ1n) is 6.72. The van der Waals surface area contributed by atoms with Gasteiger partial charge in [0.25, 0.3) is 0 Å². The number of urea groups is 1. The van der Waals surface area contributed by atoms with Gasteiger partial charge in [0.15, 0.2) is 0 Å². The summed E-state index contributed by atoms with van der Waals surface area (Å²) >= 11 is 0. The lowest BCUT2D eigenvalue weighted by atomic mass is 10.3. The molecule has 1 atom stereocenters. The van der Waals surface area contributed by atoms with E-state index in [9.17, 15) is 9.59 Å². The lowest BCUT2D eigenvalue weighted by Crippen LogP contribution is -2.47. The van der Waals surface area contributed by atoms with Gasteiger partial charge in [-0.1, -0.05) is 6.08 Å². The van der Waals surface area contributed by atoms with Gasteiger partial charge >= 0.3 is 12.0 Å². The van der Waals surface area contributed by atoms with E-state index in [0.29, 0.717) is 6.04 Å². The molecule has 0 aromatic heterocycles. The van der Waals surface area contributed by atoms with E-state index in [1.54, 1.807) is 0 Å². The van der Waals surface area contributed by atoms with Crippen LogP contribution in [0.3, 0.4) is 0 Å². The number of nitrogens with zero attached hydrogens (tertiary/aromatic N) is 2. The summed E-state index contributed by atoms with van der Waals surface area (Å²) in [6.45, 7) is 5.40. The Balaban J connectivity index is 1.80. The predicted molar refractivity (Wildman–Crippen MR) is 70.9 cm³/mol. The summed E-state index contributed by atoms with van der Waals surface area (Å²) in [4.78, 5) is 26.4. The van der Waals surface area contributed by atoms with Crippen LogP contribution in [0, 0.1) is 0 Å². The lowest BCUT2D eigenvalue weighted by molar-refractivity contribution is -0.137. The molecule has 1 saturated carbocycles. The second-order valence-electron chi connectivity index (χ2n) is 5.22. The third-order valence-electron chi connectivity index (χ3n) is 3.57. The maximum atomic E-state index is 12.0. The van der Waals surface area contributed by atoms with Gasteiger partial charge in [-0.05, 0) is 19.3 Å². The van der Waals surface area contributed by atoms with Crippen molar-refractivity contribution in [2.75, 3.05) is 26.2 Å². The molecule has 2 fully saturated rings. The summed E-state index contributed by atoms with van der Waals surface area (Å²) < 4.78 is 0. The molecule has 0 aromatic rings. The number of amides is 2. The topological polar surface area (TPSA) is 72.9 Å². The average molecular weight is 267 g/mol. The van der Waals surface area contributed by atoms with Crippen molar-refractivity contribution in [3.05, 3.63) is 12.7 Å². The number of carboxylic acid groups (broad SMARTS) is 1. The van der Waals surface area contributed by atoms with Crippen LogP contribution in [0.15, 0.2) is 12.7 Å². The van der Waals surface area contributed by atoms with Gasteiger partial charge in [-0.25, -0.2) is 4.79 Å². The molecule has 0 radical (unpaired) electrons. The van der Waals surface area contributed by atoms with E-state index in [-0.39, 0.29) is 25.2 Å². The molecule has 0 spiro atoms. The molecule has 6 nitrogen and oxygen atoms in total. The fraction of sp³-hybridized carbons (Fsp3) is 0.692. The molecule has 0 aromatic carbocycles. The van der Waals surface area contributed by atoms with E-state index in [4.69, 9.17) is 5.11 Å². The summed E-state index contributed by atoms with van der Waals surface area (Å²) in [5, 5.41) is 11.7. The van der Waals surface area contributed by atoms with Crippen LogP contribution < -0.4 is 5.32 Å². The molecule has 1 heterocycles. The maximum Gasteiger partial charge on any atom is 0.323 e.